The van der Waals surface area contributed by atoms with Crippen molar-refractivity contribution in [3.63, 3.8) is 0 Å². The van der Waals surface area contributed by atoms with Crippen molar-refractivity contribution < 1.29 is 9.13 Å². The lowest BCUT2D eigenvalue weighted by Gasteiger charge is -2.35. The van der Waals surface area contributed by atoms with E-state index in [0.717, 1.165) is 42.2 Å². The first-order valence-electron chi connectivity index (χ1n) is 9.51. The van der Waals surface area contributed by atoms with E-state index in [1.54, 1.807) is 7.11 Å². The number of pyridine rings is 1. The summed E-state index contributed by atoms with van der Waals surface area (Å²) in [4.78, 5) is 7.21. The third kappa shape index (κ3) is 3.75. The third-order valence-corrected chi connectivity index (χ3v) is 5.45. The Bertz CT molecular complexity index is 928. The van der Waals surface area contributed by atoms with E-state index in [1.165, 1.54) is 5.56 Å². The Labute approximate surface area is 159 Å². The number of alkyl halides is 1. The Morgan fingerprint density at radius 2 is 1.96 bits per heavy atom. The van der Waals surface area contributed by atoms with Gasteiger partial charge in [-0.25, -0.2) is 9.37 Å². The second-order valence-corrected chi connectivity index (χ2v) is 7.57. The maximum atomic E-state index is 14.7. The minimum absolute atomic E-state index is 0.186. The molecule has 1 aromatic carbocycles. The normalized spacial score (nSPS) is 17.4. The molecule has 1 fully saturated rings. The van der Waals surface area contributed by atoms with Gasteiger partial charge in [0.25, 0.3) is 0 Å². The van der Waals surface area contributed by atoms with Crippen molar-refractivity contribution >= 4 is 5.65 Å². The molecular formula is C22H26FN3O. The van der Waals surface area contributed by atoms with Gasteiger partial charge in [0.15, 0.2) is 0 Å². The predicted octanol–water partition coefficient (Wildman–Crippen LogP) is 4.26. The first-order chi connectivity index (χ1) is 13.1. The van der Waals surface area contributed by atoms with E-state index in [2.05, 4.69) is 46.7 Å². The van der Waals surface area contributed by atoms with Gasteiger partial charge in [-0.05, 0) is 38.0 Å². The van der Waals surface area contributed by atoms with Crippen molar-refractivity contribution in [2.75, 3.05) is 26.8 Å². The molecular weight excluding hydrogens is 341 g/mol. The van der Waals surface area contributed by atoms with Crippen LogP contribution in [0.25, 0.3) is 16.9 Å². The van der Waals surface area contributed by atoms with Gasteiger partial charge in [-0.2, -0.15) is 0 Å². The van der Waals surface area contributed by atoms with E-state index >= 15 is 0 Å². The molecule has 1 aliphatic rings. The number of fused-ring (bicyclic) bond motifs is 1. The predicted molar refractivity (Wildman–Crippen MR) is 106 cm³/mol. The number of piperidine rings is 1. The number of hydrogen-bond donors (Lipinski definition) is 0. The number of benzene rings is 1. The van der Waals surface area contributed by atoms with Crippen LogP contribution in [-0.4, -0.2) is 46.8 Å². The van der Waals surface area contributed by atoms with Gasteiger partial charge in [-0.1, -0.05) is 29.8 Å². The largest absolute Gasteiger partial charge is 0.381 e. The Kier molecular flexibility index (Phi) is 4.98. The van der Waals surface area contributed by atoms with Crippen LogP contribution in [0.2, 0.25) is 0 Å². The van der Waals surface area contributed by atoms with Gasteiger partial charge in [0.05, 0.1) is 18.0 Å². The molecule has 0 radical (unpaired) electrons. The molecule has 2 aromatic heterocycles. The number of imidazole rings is 1. The van der Waals surface area contributed by atoms with Crippen LogP contribution in [0.5, 0.6) is 0 Å². The number of likely N-dealkylation sites (tertiary alicyclic amines) is 1. The molecule has 142 valence electrons. The van der Waals surface area contributed by atoms with Gasteiger partial charge >= 0.3 is 0 Å². The maximum Gasteiger partial charge on any atom is 0.137 e. The SMILES string of the molecule is COCC1(F)CCN(Cc2c(-c3cccc(C)c3)nc3ccccn23)CC1. The summed E-state index contributed by atoms with van der Waals surface area (Å²) in [6, 6.07) is 14.5. The summed E-state index contributed by atoms with van der Waals surface area (Å²) in [5.74, 6) is 0. The lowest BCUT2D eigenvalue weighted by Crippen LogP contribution is -2.44. The van der Waals surface area contributed by atoms with Gasteiger partial charge in [0.1, 0.15) is 11.3 Å². The number of rotatable bonds is 5. The molecule has 4 nitrogen and oxygen atoms in total. The zero-order valence-electron chi connectivity index (χ0n) is 16.0. The highest BCUT2D eigenvalue weighted by Gasteiger charge is 2.35. The zero-order chi connectivity index (χ0) is 18.9. The number of nitrogens with zero attached hydrogens (tertiary/aromatic N) is 3. The van der Waals surface area contributed by atoms with Crippen LogP contribution >= 0.6 is 0 Å². The molecule has 0 aliphatic carbocycles. The Balaban J connectivity index is 1.64. The standard InChI is InChI=1S/C22H26FN3O/c1-17-6-5-7-18(14-17)21-19(26-11-4-3-8-20(26)24-21)15-25-12-9-22(23,10-13-25)16-27-2/h3-8,11,14H,9-10,12-13,15-16H2,1-2H3. The molecule has 3 aromatic rings. The average Bonchev–Trinajstić information content (AvgIpc) is 3.03. The van der Waals surface area contributed by atoms with Gasteiger partial charge in [0, 0.05) is 38.5 Å². The first-order valence-corrected chi connectivity index (χ1v) is 9.51. The fourth-order valence-corrected chi connectivity index (χ4v) is 3.95. The van der Waals surface area contributed by atoms with Crippen molar-refractivity contribution in [3.8, 4) is 11.3 Å². The monoisotopic (exact) mass is 367 g/mol. The zero-order valence-corrected chi connectivity index (χ0v) is 16.0. The quantitative estimate of drug-likeness (QED) is 0.675. The molecule has 1 saturated heterocycles. The van der Waals surface area contributed by atoms with Crippen molar-refractivity contribution in [2.24, 2.45) is 0 Å². The highest BCUT2D eigenvalue weighted by Crippen LogP contribution is 2.30. The lowest BCUT2D eigenvalue weighted by atomic mass is 9.94. The number of aryl methyl sites for hydroxylation is 1. The summed E-state index contributed by atoms with van der Waals surface area (Å²) in [5, 5.41) is 0. The van der Waals surface area contributed by atoms with Crippen LogP contribution in [0.15, 0.2) is 48.7 Å². The molecule has 5 heteroatoms. The molecule has 4 rings (SSSR count). The number of aromatic nitrogens is 2. The molecule has 27 heavy (non-hydrogen) atoms. The molecule has 0 spiro atoms. The molecule has 0 N–H and O–H groups in total. The molecule has 3 heterocycles. The summed E-state index contributed by atoms with van der Waals surface area (Å²) in [7, 11) is 1.57. The number of methoxy groups -OCH3 is 1. The molecule has 0 atom stereocenters. The van der Waals surface area contributed by atoms with Crippen LogP contribution < -0.4 is 0 Å². The van der Waals surface area contributed by atoms with Gasteiger partial charge < -0.3 is 9.14 Å². The van der Waals surface area contributed by atoms with Crippen molar-refractivity contribution in [1.82, 2.24) is 14.3 Å². The van der Waals surface area contributed by atoms with Crippen molar-refractivity contribution in [1.29, 1.82) is 0 Å². The second-order valence-electron chi connectivity index (χ2n) is 7.57. The number of hydrogen-bond acceptors (Lipinski definition) is 3. The highest BCUT2D eigenvalue weighted by atomic mass is 19.1. The summed E-state index contributed by atoms with van der Waals surface area (Å²) >= 11 is 0. The summed E-state index contributed by atoms with van der Waals surface area (Å²) in [6.45, 7) is 4.50. The summed E-state index contributed by atoms with van der Waals surface area (Å²) < 4.78 is 21.9. The van der Waals surface area contributed by atoms with Gasteiger partial charge in [-0.15, -0.1) is 0 Å². The molecule has 0 saturated carbocycles. The van der Waals surface area contributed by atoms with E-state index in [4.69, 9.17) is 9.72 Å². The average molecular weight is 367 g/mol. The Morgan fingerprint density at radius 1 is 1.15 bits per heavy atom. The fraction of sp³-hybridized carbons (Fsp3) is 0.409. The van der Waals surface area contributed by atoms with Gasteiger partial charge in [0.2, 0.25) is 0 Å². The highest BCUT2D eigenvalue weighted by molar-refractivity contribution is 5.67. The Morgan fingerprint density at radius 3 is 2.70 bits per heavy atom. The smallest absolute Gasteiger partial charge is 0.137 e. The van der Waals surface area contributed by atoms with E-state index in [1.807, 2.05) is 18.2 Å². The number of ether oxygens (including phenoxy) is 1. The molecule has 0 bridgehead atoms. The van der Waals surface area contributed by atoms with Crippen molar-refractivity contribution in [3.05, 3.63) is 59.9 Å². The van der Waals surface area contributed by atoms with Crippen LogP contribution in [0.1, 0.15) is 24.1 Å². The molecule has 1 aliphatic heterocycles. The van der Waals surface area contributed by atoms with Crippen LogP contribution in [-0.2, 0) is 11.3 Å². The minimum atomic E-state index is -1.19. The van der Waals surface area contributed by atoms with Crippen LogP contribution in [0.3, 0.4) is 0 Å². The van der Waals surface area contributed by atoms with E-state index < -0.39 is 5.67 Å². The molecule has 0 amide bonds. The van der Waals surface area contributed by atoms with Gasteiger partial charge in [-0.3, -0.25) is 4.90 Å². The summed E-state index contributed by atoms with van der Waals surface area (Å²) in [5.41, 5.74) is 4.28. The topological polar surface area (TPSA) is 29.8 Å². The summed E-state index contributed by atoms with van der Waals surface area (Å²) in [6.07, 6.45) is 3.08. The van der Waals surface area contributed by atoms with E-state index in [0.29, 0.717) is 12.8 Å². The maximum absolute atomic E-state index is 14.7. The van der Waals surface area contributed by atoms with E-state index in [-0.39, 0.29) is 6.61 Å². The van der Waals surface area contributed by atoms with Crippen LogP contribution in [0, 0.1) is 6.92 Å². The Hall–Kier alpha value is -2.24. The third-order valence-electron chi connectivity index (χ3n) is 5.45. The minimum Gasteiger partial charge on any atom is -0.381 e. The van der Waals surface area contributed by atoms with Crippen LogP contribution in [0.4, 0.5) is 4.39 Å². The fourth-order valence-electron chi connectivity index (χ4n) is 3.95. The van der Waals surface area contributed by atoms with Crippen molar-refractivity contribution in [2.45, 2.75) is 32.0 Å². The number of halogens is 1. The van der Waals surface area contributed by atoms with E-state index in [9.17, 15) is 4.39 Å². The first kappa shape index (κ1) is 18.1. The molecule has 0 unspecified atom stereocenters. The lowest BCUT2D eigenvalue weighted by molar-refractivity contribution is -0.0104. The second kappa shape index (κ2) is 7.41.